The first-order valence-electron chi connectivity index (χ1n) is 10.5. The molecule has 0 aliphatic carbocycles. The van der Waals surface area contributed by atoms with E-state index in [0.717, 1.165) is 4.47 Å². The number of carboxylic acid groups (broad SMARTS) is 1. The number of hydrogen-bond donors (Lipinski definition) is 1. The molecule has 0 bridgehead atoms. The van der Waals surface area contributed by atoms with Crippen molar-refractivity contribution in [1.82, 2.24) is 9.66 Å². The molecule has 0 unspecified atom stereocenters. The summed E-state index contributed by atoms with van der Waals surface area (Å²) in [6.07, 6.45) is 0.355. The van der Waals surface area contributed by atoms with Gasteiger partial charge in [0, 0.05) is 9.89 Å². The maximum absolute atomic E-state index is 13.3. The topological polar surface area (TPSA) is 103 Å². The van der Waals surface area contributed by atoms with Crippen molar-refractivity contribution in [3.8, 4) is 11.5 Å². The zero-order chi connectivity index (χ0) is 25.2. The Morgan fingerprint density at radius 3 is 2.65 bits per heavy atom. The minimum atomic E-state index is -1.13. The van der Waals surface area contributed by atoms with E-state index in [-0.39, 0.29) is 22.1 Å². The van der Waals surface area contributed by atoms with Gasteiger partial charge in [-0.3, -0.25) is 4.79 Å². The van der Waals surface area contributed by atoms with Crippen LogP contribution in [0.15, 0.2) is 44.7 Å². The van der Waals surface area contributed by atoms with Crippen LogP contribution in [0.25, 0.3) is 10.9 Å². The monoisotopic (exact) mass is 549 g/mol. The molecule has 1 aromatic heterocycles. The van der Waals surface area contributed by atoms with Crippen LogP contribution in [0.1, 0.15) is 46.0 Å². The second kappa shape index (κ2) is 10.1. The van der Waals surface area contributed by atoms with E-state index in [9.17, 15) is 9.59 Å². The predicted octanol–water partition coefficient (Wildman–Crippen LogP) is 5.24. The third-order valence-corrected chi connectivity index (χ3v) is 5.55. The molecule has 3 rings (SSSR count). The molecule has 10 heteroatoms. The lowest BCUT2D eigenvalue weighted by atomic mass is 9.95. The Balaban J connectivity index is 2.13. The van der Waals surface area contributed by atoms with E-state index in [0.29, 0.717) is 28.9 Å². The van der Waals surface area contributed by atoms with Crippen LogP contribution < -0.4 is 15.0 Å². The van der Waals surface area contributed by atoms with Gasteiger partial charge in [-0.25, -0.2) is 9.78 Å². The van der Waals surface area contributed by atoms with E-state index in [1.165, 1.54) is 17.8 Å². The van der Waals surface area contributed by atoms with Gasteiger partial charge in [-0.15, -0.1) is 0 Å². The van der Waals surface area contributed by atoms with Gasteiger partial charge >= 0.3 is 5.97 Å². The van der Waals surface area contributed by atoms with Crippen LogP contribution in [0.4, 0.5) is 0 Å². The van der Waals surface area contributed by atoms with Gasteiger partial charge in [0.2, 0.25) is 0 Å². The second-order valence-electron chi connectivity index (χ2n) is 8.57. The Bertz CT molecular complexity index is 1330. The summed E-state index contributed by atoms with van der Waals surface area (Å²) in [5, 5.41) is 14.2. The highest BCUT2D eigenvalue weighted by molar-refractivity contribution is 9.10. The summed E-state index contributed by atoms with van der Waals surface area (Å²) in [6.45, 7) is 9.34. The Morgan fingerprint density at radius 1 is 1.32 bits per heavy atom. The maximum atomic E-state index is 13.3. The fourth-order valence-corrected chi connectivity index (χ4v) is 3.76. The Hall–Kier alpha value is -2.91. The van der Waals surface area contributed by atoms with Crippen LogP contribution >= 0.6 is 27.5 Å². The molecule has 2 aromatic carbocycles. The second-order valence-corrected chi connectivity index (χ2v) is 9.89. The van der Waals surface area contributed by atoms with E-state index >= 15 is 0 Å². The zero-order valence-corrected chi connectivity index (χ0v) is 21.8. The average molecular weight is 551 g/mol. The van der Waals surface area contributed by atoms with Gasteiger partial charge < -0.3 is 14.6 Å². The lowest BCUT2D eigenvalue weighted by Crippen LogP contribution is -2.29. The summed E-state index contributed by atoms with van der Waals surface area (Å²) in [5.74, 6) is -0.238. The molecule has 1 N–H and O–H groups in total. The van der Waals surface area contributed by atoms with Crippen molar-refractivity contribution < 1.29 is 19.4 Å². The van der Waals surface area contributed by atoms with E-state index in [4.69, 9.17) is 31.2 Å². The molecular formula is C24H25BrClN3O5. The molecule has 0 amide bonds. The standard InChI is InChI=1S/C24H25BrClN3O5/c1-6-33-19-10-14(9-17(26)20(19)34-13(2)22(31)32)12-27-29-21(30)16-11-15(25)7-8-18(16)28-23(29)24(3,4)5/h7-13H,6H2,1-5H3,(H,31,32)/t13-/m0/s1. The Kier molecular flexibility index (Phi) is 7.67. The molecule has 0 radical (unpaired) electrons. The summed E-state index contributed by atoms with van der Waals surface area (Å²) in [6, 6.07) is 8.51. The average Bonchev–Trinajstić information content (AvgIpc) is 2.75. The number of hydrogen-bond acceptors (Lipinski definition) is 6. The summed E-state index contributed by atoms with van der Waals surface area (Å²) < 4.78 is 13.1. The highest BCUT2D eigenvalue weighted by Crippen LogP contribution is 2.37. The van der Waals surface area contributed by atoms with Crippen LogP contribution in [0, 0.1) is 0 Å². The fraction of sp³-hybridized carbons (Fsp3) is 0.333. The van der Waals surface area contributed by atoms with Crippen molar-refractivity contribution in [3.63, 3.8) is 0 Å². The molecule has 1 atom stereocenters. The van der Waals surface area contributed by atoms with E-state index < -0.39 is 17.5 Å². The number of aromatic nitrogens is 2. The van der Waals surface area contributed by atoms with E-state index in [1.807, 2.05) is 26.8 Å². The summed E-state index contributed by atoms with van der Waals surface area (Å²) >= 11 is 9.78. The number of nitrogens with zero attached hydrogens (tertiary/aromatic N) is 3. The smallest absolute Gasteiger partial charge is 0.344 e. The lowest BCUT2D eigenvalue weighted by Gasteiger charge is -2.21. The number of aliphatic carboxylic acids is 1. The Labute approximate surface area is 210 Å². The van der Waals surface area contributed by atoms with Crippen molar-refractivity contribution in [2.24, 2.45) is 5.10 Å². The van der Waals surface area contributed by atoms with Gasteiger partial charge in [-0.2, -0.15) is 9.78 Å². The first-order chi connectivity index (χ1) is 15.9. The van der Waals surface area contributed by atoms with Crippen LogP contribution in [-0.2, 0) is 10.2 Å². The first kappa shape index (κ1) is 25.7. The first-order valence-corrected chi connectivity index (χ1v) is 11.7. The quantitative estimate of drug-likeness (QED) is 0.404. The molecule has 0 spiro atoms. The predicted molar refractivity (Wildman–Crippen MR) is 136 cm³/mol. The molecule has 8 nitrogen and oxygen atoms in total. The number of halogens is 2. The summed E-state index contributed by atoms with van der Waals surface area (Å²) in [4.78, 5) is 29.2. The van der Waals surface area contributed by atoms with Crippen LogP contribution in [0.3, 0.4) is 0 Å². The molecule has 0 saturated heterocycles. The fourth-order valence-electron chi connectivity index (χ4n) is 3.13. The minimum absolute atomic E-state index is 0.125. The molecule has 180 valence electrons. The van der Waals surface area contributed by atoms with Crippen molar-refractivity contribution >= 4 is 50.6 Å². The number of rotatable bonds is 7. The molecule has 3 aromatic rings. The van der Waals surface area contributed by atoms with Crippen molar-refractivity contribution in [1.29, 1.82) is 0 Å². The van der Waals surface area contributed by atoms with Crippen LogP contribution in [0.2, 0.25) is 5.02 Å². The number of fused-ring (bicyclic) bond motifs is 1. The minimum Gasteiger partial charge on any atom is -0.490 e. The molecule has 0 fully saturated rings. The molecule has 0 saturated carbocycles. The number of carboxylic acids is 1. The molecule has 0 aliphatic heterocycles. The molecule has 0 aliphatic rings. The summed E-state index contributed by atoms with van der Waals surface area (Å²) in [5.41, 5.74) is 0.348. The van der Waals surface area contributed by atoms with Gasteiger partial charge in [0.15, 0.2) is 17.6 Å². The van der Waals surface area contributed by atoms with Gasteiger partial charge in [0.1, 0.15) is 5.82 Å². The molecule has 34 heavy (non-hydrogen) atoms. The molecular weight excluding hydrogens is 526 g/mol. The van der Waals surface area contributed by atoms with Crippen molar-refractivity contribution in [2.45, 2.75) is 46.1 Å². The van der Waals surface area contributed by atoms with Crippen molar-refractivity contribution in [3.05, 3.63) is 61.6 Å². The van der Waals surface area contributed by atoms with Gasteiger partial charge in [-0.1, -0.05) is 48.3 Å². The normalized spacial score (nSPS) is 12.8. The van der Waals surface area contributed by atoms with E-state index in [2.05, 4.69) is 21.0 Å². The number of benzene rings is 2. The number of carbonyl (C=O) groups is 1. The summed E-state index contributed by atoms with van der Waals surface area (Å²) in [7, 11) is 0. The van der Waals surface area contributed by atoms with Crippen LogP contribution in [-0.4, -0.2) is 39.7 Å². The largest absolute Gasteiger partial charge is 0.490 e. The highest BCUT2D eigenvalue weighted by Gasteiger charge is 2.23. The lowest BCUT2D eigenvalue weighted by molar-refractivity contribution is -0.144. The SMILES string of the molecule is CCOc1cc(C=Nn2c(C(C)(C)C)nc3ccc(Br)cc3c2=O)cc(Cl)c1O[C@@H](C)C(=O)O. The van der Waals surface area contributed by atoms with E-state index in [1.54, 1.807) is 31.2 Å². The third-order valence-electron chi connectivity index (χ3n) is 4.78. The van der Waals surface area contributed by atoms with Crippen LogP contribution in [0.5, 0.6) is 11.5 Å². The Morgan fingerprint density at radius 2 is 2.03 bits per heavy atom. The van der Waals surface area contributed by atoms with Gasteiger partial charge in [0.25, 0.3) is 5.56 Å². The molecule has 1 heterocycles. The van der Waals surface area contributed by atoms with Gasteiger partial charge in [0.05, 0.1) is 28.7 Å². The maximum Gasteiger partial charge on any atom is 0.344 e. The third kappa shape index (κ3) is 5.59. The zero-order valence-electron chi connectivity index (χ0n) is 19.4. The number of ether oxygens (including phenoxy) is 2. The highest BCUT2D eigenvalue weighted by atomic mass is 79.9. The van der Waals surface area contributed by atoms with Crippen molar-refractivity contribution in [2.75, 3.05) is 6.61 Å². The van der Waals surface area contributed by atoms with Gasteiger partial charge in [-0.05, 0) is 49.7 Å².